The molecule has 1 heterocycles. The predicted octanol–water partition coefficient (Wildman–Crippen LogP) is 1.53. The molecule has 1 aliphatic rings. The maximum Gasteiger partial charge on any atom is 0.248 e. The lowest BCUT2D eigenvalue weighted by Gasteiger charge is -2.30. The van der Waals surface area contributed by atoms with Crippen molar-refractivity contribution in [1.29, 1.82) is 0 Å². The third kappa shape index (κ3) is 5.04. The summed E-state index contributed by atoms with van der Waals surface area (Å²) in [6.45, 7) is 7.44. The number of ether oxygens (including phenoxy) is 1. The predicted molar refractivity (Wildman–Crippen MR) is 68.7 cm³/mol. The first-order valence-corrected chi connectivity index (χ1v) is 6.57. The van der Waals surface area contributed by atoms with Crippen LogP contribution in [-0.4, -0.2) is 42.1 Å². The van der Waals surface area contributed by atoms with Gasteiger partial charge in [0.05, 0.1) is 5.60 Å². The number of carbonyl (C=O) groups excluding carboxylic acids is 1. The van der Waals surface area contributed by atoms with Gasteiger partial charge in [0.2, 0.25) is 5.91 Å². The largest absolute Gasteiger partial charge is 0.366 e. The Balaban J connectivity index is 2.52. The molecule has 100 valence electrons. The lowest BCUT2D eigenvalue weighted by molar-refractivity contribution is -0.143. The van der Waals surface area contributed by atoms with Crippen LogP contribution in [0.15, 0.2) is 0 Å². The van der Waals surface area contributed by atoms with E-state index in [-0.39, 0.29) is 24.2 Å². The zero-order valence-corrected chi connectivity index (χ0v) is 11.4. The number of nitrogens with two attached hydrogens (primary N) is 1. The van der Waals surface area contributed by atoms with Crippen LogP contribution in [0.4, 0.5) is 0 Å². The average Bonchev–Trinajstić information content (AvgIpc) is 2.49. The molecule has 4 nitrogen and oxygen atoms in total. The van der Waals surface area contributed by atoms with Crippen molar-refractivity contribution in [2.75, 3.05) is 19.7 Å². The van der Waals surface area contributed by atoms with Crippen molar-refractivity contribution in [2.24, 2.45) is 5.73 Å². The highest BCUT2D eigenvalue weighted by molar-refractivity contribution is 5.77. The molecule has 0 radical (unpaired) electrons. The van der Waals surface area contributed by atoms with Crippen LogP contribution in [0.3, 0.4) is 0 Å². The molecule has 0 aromatic carbocycles. The van der Waals surface area contributed by atoms with Crippen LogP contribution in [0.2, 0.25) is 0 Å². The summed E-state index contributed by atoms with van der Waals surface area (Å²) < 4.78 is 5.55. The molecule has 17 heavy (non-hydrogen) atoms. The number of hydrogen-bond donors (Lipinski definition) is 1. The average molecular weight is 242 g/mol. The zero-order chi connectivity index (χ0) is 12.9. The number of nitrogens with zero attached hydrogens (tertiary/aromatic N) is 1. The smallest absolute Gasteiger partial charge is 0.248 e. The number of hydrogen-bond acceptors (Lipinski definition) is 3. The second-order valence-electron chi connectivity index (χ2n) is 5.73. The second kappa shape index (κ2) is 6.36. The third-order valence-electron chi connectivity index (χ3n) is 3.10. The van der Waals surface area contributed by atoms with Gasteiger partial charge >= 0.3 is 0 Å². The van der Waals surface area contributed by atoms with E-state index in [1.54, 1.807) is 0 Å². The van der Waals surface area contributed by atoms with Crippen molar-refractivity contribution in [1.82, 2.24) is 4.90 Å². The van der Waals surface area contributed by atoms with E-state index in [0.717, 1.165) is 19.4 Å². The van der Waals surface area contributed by atoms with Crippen molar-refractivity contribution in [3.63, 3.8) is 0 Å². The Bertz CT molecular complexity index is 248. The van der Waals surface area contributed by atoms with Gasteiger partial charge in [-0.3, -0.25) is 4.79 Å². The van der Waals surface area contributed by atoms with Crippen molar-refractivity contribution < 1.29 is 9.53 Å². The van der Waals surface area contributed by atoms with E-state index in [4.69, 9.17) is 10.5 Å². The van der Waals surface area contributed by atoms with Crippen molar-refractivity contribution >= 4 is 5.91 Å². The fourth-order valence-corrected chi connectivity index (χ4v) is 2.11. The molecule has 2 N–H and O–H groups in total. The normalized spacial score (nSPS) is 22.4. The number of carbonyl (C=O) groups is 1. The van der Waals surface area contributed by atoms with Crippen LogP contribution in [-0.2, 0) is 9.53 Å². The minimum atomic E-state index is -0.264. The molecule has 0 spiro atoms. The van der Waals surface area contributed by atoms with Gasteiger partial charge in [-0.05, 0) is 33.6 Å². The van der Waals surface area contributed by atoms with Gasteiger partial charge in [0.15, 0.2) is 0 Å². The van der Waals surface area contributed by atoms with Crippen LogP contribution < -0.4 is 5.73 Å². The first kappa shape index (κ1) is 14.5. The summed E-state index contributed by atoms with van der Waals surface area (Å²) in [6, 6.07) is 0.202. The molecule has 0 aliphatic carbocycles. The number of likely N-dealkylation sites (tertiary alicyclic amines) is 1. The van der Waals surface area contributed by atoms with Gasteiger partial charge in [0.25, 0.3) is 0 Å². The Hall–Kier alpha value is -0.610. The highest BCUT2D eigenvalue weighted by atomic mass is 16.5. The van der Waals surface area contributed by atoms with E-state index in [1.165, 1.54) is 12.8 Å². The van der Waals surface area contributed by atoms with Crippen LogP contribution >= 0.6 is 0 Å². The monoisotopic (exact) mass is 242 g/mol. The molecule has 1 rings (SSSR count). The summed E-state index contributed by atoms with van der Waals surface area (Å²) in [5, 5.41) is 0. The zero-order valence-electron chi connectivity index (χ0n) is 11.4. The number of rotatable bonds is 3. The maximum atomic E-state index is 12.1. The van der Waals surface area contributed by atoms with Gasteiger partial charge in [0.1, 0.15) is 6.61 Å². The quantitative estimate of drug-likeness (QED) is 0.816. The molecule has 4 heteroatoms. The van der Waals surface area contributed by atoms with Crippen LogP contribution in [0.25, 0.3) is 0 Å². The van der Waals surface area contributed by atoms with Gasteiger partial charge in [-0.2, -0.15) is 0 Å². The van der Waals surface area contributed by atoms with Crippen LogP contribution in [0, 0.1) is 0 Å². The highest BCUT2D eigenvalue weighted by Crippen LogP contribution is 2.17. The lowest BCUT2D eigenvalue weighted by Crippen LogP contribution is -2.46. The topological polar surface area (TPSA) is 55.6 Å². The molecular weight excluding hydrogens is 216 g/mol. The first-order valence-electron chi connectivity index (χ1n) is 6.57. The fraction of sp³-hybridized carbons (Fsp3) is 0.923. The van der Waals surface area contributed by atoms with Crippen LogP contribution in [0.1, 0.15) is 46.5 Å². The molecule has 0 bridgehead atoms. The van der Waals surface area contributed by atoms with E-state index < -0.39 is 0 Å². The highest BCUT2D eigenvalue weighted by Gasteiger charge is 2.25. The molecule has 1 unspecified atom stereocenters. The van der Waals surface area contributed by atoms with Crippen molar-refractivity contribution in [2.45, 2.75) is 58.1 Å². The molecule has 0 aromatic heterocycles. The van der Waals surface area contributed by atoms with Gasteiger partial charge in [-0.1, -0.05) is 12.8 Å². The van der Waals surface area contributed by atoms with E-state index in [0.29, 0.717) is 6.54 Å². The third-order valence-corrected chi connectivity index (χ3v) is 3.10. The maximum absolute atomic E-state index is 12.1. The van der Waals surface area contributed by atoms with E-state index in [1.807, 2.05) is 25.7 Å². The van der Waals surface area contributed by atoms with Gasteiger partial charge in [0, 0.05) is 19.1 Å². The molecule has 0 saturated carbocycles. The molecular formula is C13H26N2O2. The van der Waals surface area contributed by atoms with E-state index in [2.05, 4.69) is 0 Å². The summed E-state index contributed by atoms with van der Waals surface area (Å²) >= 11 is 0. The van der Waals surface area contributed by atoms with Gasteiger partial charge < -0.3 is 15.4 Å². The molecule has 0 aromatic rings. The Labute approximate surface area is 104 Å². The molecule has 1 atom stereocenters. The van der Waals surface area contributed by atoms with Gasteiger partial charge in [-0.25, -0.2) is 0 Å². The summed E-state index contributed by atoms with van der Waals surface area (Å²) in [5.74, 6) is 0.0808. The van der Waals surface area contributed by atoms with E-state index in [9.17, 15) is 4.79 Å². The summed E-state index contributed by atoms with van der Waals surface area (Å²) in [5.41, 5.74) is 5.48. The lowest BCUT2D eigenvalue weighted by atomic mass is 10.1. The van der Waals surface area contributed by atoms with Crippen molar-refractivity contribution in [3.8, 4) is 0 Å². The Morgan fingerprint density at radius 2 is 2.06 bits per heavy atom. The van der Waals surface area contributed by atoms with Crippen LogP contribution in [0.5, 0.6) is 0 Å². The minimum absolute atomic E-state index is 0.0808. The summed E-state index contributed by atoms with van der Waals surface area (Å²) in [6.07, 6.45) is 4.47. The Kier molecular flexibility index (Phi) is 5.40. The Morgan fingerprint density at radius 3 is 2.65 bits per heavy atom. The SMILES string of the molecule is CC(C)(C)OCC(=O)N1CCCCCC1CN. The standard InChI is InChI=1S/C13H26N2O2/c1-13(2,3)17-10-12(16)15-8-6-4-5-7-11(15)9-14/h11H,4-10,14H2,1-3H3. The Morgan fingerprint density at radius 1 is 1.35 bits per heavy atom. The summed E-state index contributed by atoms with van der Waals surface area (Å²) in [4.78, 5) is 14.0. The van der Waals surface area contributed by atoms with E-state index >= 15 is 0 Å². The fourth-order valence-electron chi connectivity index (χ4n) is 2.11. The molecule has 1 fully saturated rings. The summed E-state index contributed by atoms with van der Waals surface area (Å²) in [7, 11) is 0. The van der Waals surface area contributed by atoms with Gasteiger partial charge in [-0.15, -0.1) is 0 Å². The minimum Gasteiger partial charge on any atom is -0.366 e. The number of amides is 1. The molecule has 1 amide bonds. The molecule has 1 saturated heterocycles. The van der Waals surface area contributed by atoms with Crippen molar-refractivity contribution in [3.05, 3.63) is 0 Å². The first-order chi connectivity index (χ1) is 7.94. The second-order valence-corrected chi connectivity index (χ2v) is 5.73. The molecule has 1 aliphatic heterocycles.